The van der Waals surface area contributed by atoms with Crippen molar-refractivity contribution in [3.05, 3.63) is 89.7 Å². The van der Waals surface area contributed by atoms with Crippen LogP contribution in [-0.2, 0) is 4.74 Å². The normalized spacial score (nSPS) is 10.5. The third-order valence-corrected chi connectivity index (χ3v) is 3.70. The van der Waals surface area contributed by atoms with Gasteiger partial charge in [0.2, 0.25) is 5.95 Å². The molecule has 3 aromatic rings. The van der Waals surface area contributed by atoms with Crippen LogP contribution in [0.2, 0.25) is 0 Å². The van der Waals surface area contributed by atoms with E-state index in [2.05, 4.69) is 39.6 Å². The number of anilines is 1. The zero-order valence-corrected chi connectivity index (χ0v) is 13.9. The lowest BCUT2D eigenvalue weighted by atomic mass is 9.99. The lowest BCUT2D eigenvalue weighted by Crippen LogP contribution is -2.15. The molecule has 0 atom stereocenters. The van der Waals surface area contributed by atoms with E-state index < -0.39 is 5.97 Å². The van der Waals surface area contributed by atoms with Crippen molar-refractivity contribution < 1.29 is 9.53 Å². The van der Waals surface area contributed by atoms with Crippen molar-refractivity contribution in [1.29, 1.82) is 0 Å². The first-order valence-electron chi connectivity index (χ1n) is 8.13. The van der Waals surface area contributed by atoms with Crippen LogP contribution in [0.3, 0.4) is 0 Å². The van der Waals surface area contributed by atoms with Crippen molar-refractivity contribution in [2.75, 3.05) is 11.9 Å². The summed E-state index contributed by atoms with van der Waals surface area (Å²) < 4.78 is 4.95. The molecule has 3 rings (SSSR count). The molecule has 0 bridgehead atoms. The predicted molar refractivity (Wildman–Crippen MR) is 96.3 cm³/mol. The van der Waals surface area contributed by atoms with E-state index in [1.165, 1.54) is 12.4 Å². The van der Waals surface area contributed by atoms with Crippen molar-refractivity contribution >= 4 is 11.9 Å². The van der Waals surface area contributed by atoms with Crippen LogP contribution >= 0.6 is 0 Å². The van der Waals surface area contributed by atoms with Crippen LogP contribution in [-0.4, -0.2) is 22.5 Å². The molecule has 1 heterocycles. The van der Waals surface area contributed by atoms with Crippen LogP contribution in [0.5, 0.6) is 0 Å². The number of aromatic nitrogens is 2. The van der Waals surface area contributed by atoms with Gasteiger partial charge in [0, 0.05) is 12.4 Å². The number of carbonyl (C=O) groups excluding carboxylic acids is 1. The summed E-state index contributed by atoms with van der Waals surface area (Å²) in [6.07, 6.45) is 2.95. The monoisotopic (exact) mass is 333 g/mol. The highest BCUT2D eigenvalue weighted by Gasteiger charge is 2.15. The minimum atomic E-state index is -0.420. The minimum Gasteiger partial charge on any atom is -0.462 e. The lowest BCUT2D eigenvalue weighted by molar-refractivity contribution is 0.0525. The van der Waals surface area contributed by atoms with Crippen molar-refractivity contribution in [2.45, 2.75) is 13.0 Å². The van der Waals surface area contributed by atoms with Crippen molar-refractivity contribution in [3.8, 4) is 0 Å². The second-order valence-electron chi connectivity index (χ2n) is 5.41. The van der Waals surface area contributed by atoms with Gasteiger partial charge in [0.05, 0.1) is 18.2 Å². The molecular formula is C20H19N3O2. The fourth-order valence-corrected chi connectivity index (χ4v) is 2.50. The van der Waals surface area contributed by atoms with E-state index in [9.17, 15) is 4.79 Å². The van der Waals surface area contributed by atoms with E-state index in [1.54, 1.807) is 6.92 Å². The Balaban J connectivity index is 1.85. The summed E-state index contributed by atoms with van der Waals surface area (Å²) in [5.41, 5.74) is 2.54. The van der Waals surface area contributed by atoms with Gasteiger partial charge >= 0.3 is 5.97 Å². The van der Waals surface area contributed by atoms with Gasteiger partial charge in [-0.15, -0.1) is 0 Å². The molecule has 25 heavy (non-hydrogen) atoms. The van der Waals surface area contributed by atoms with Gasteiger partial charge in [-0.2, -0.15) is 0 Å². The van der Waals surface area contributed by atoms with Gasteiger partial charge in [-0.3, -0.25) is 0 Å². The van der Waals surface area contributed by atoms with Crippen molar-refractivity contribution in [3.63, 3.8) is 0 Å². The first-order valence-corrected chi connectivity index (χ1v) is 8.13. The van der Waals surface area contributed by atoms with Crippen LogP contribution in [0, 0.1) is 0 Å². The molecule has 0 radical (unpaired) electrons. The second kappa shape index (κ2) is 8.06. The summed E-state index contributed by atoms with van der Waals surface area (Å²) in [5, 5.41) is 3.34. The first kappa shape index (κ1) is 16.6. The van der Waals surface area contributed by atoms with Crippen molar-refractivity contribution in [2.24, 2.45) is 0 Å². The molecule has 0 aliphatic rings. The number of nitrogens with zero attached hydrogens (tertiary/aromatic N) is 2. The fraction of sp³-hybridized carbons (Fsp3) is 0.150. The number of nitrogens with one attached hydrogen (secondary N) is 1. The van der Waals surface area contributed by atoms with Crippen LogP contribution < -0.4 is 5.32 Å². The highest BCUT2D eigenvalue weighted by atomic mass is 16.5. The maximum Gasteiger partial charge on any atom is 0.341 e. The molecule has 0 aliphatic carbocycles. The maximum atomic E-state index is 11.7. The molecule has 0 saturated heterocycles. The lowest BCUT2D eigenvalue weighted by Gasteiger charge is -2.19. The Morgan fingerprint density at radius 3 is 1.96 bits per heavy atom. The topological polar surface area (TPSA) is 64.1 Å². The fourth-order valence-electron chi connectivity index (χ4n) is 2.50. The maximum absolute atomic E-state index is 11.7. The van der Waals surface area contributed by atoms with Crippen molar-refractivity contribution in [1.82, 2.24) is 9.97 Å². The van der Waals surface area contributed by atoms with Gasteiger partial charge in [0.25, 0.3) is 0 Å². The Kier molecular flexibility index (Phi) is 5.36. The van der Waals surface area contributed by atoms with E-state index in [0.29, 0.717) is 18.1 Å². The third kappa shape index (κ3) is 4.20. The number of benzene rings is 2. The first-order chi connectivity index (χ1) is 12.3. The minimum absolute atomic E-state index is 0.0872. The SMILES string of the molecule is CCOC(=O)c1cnc(NC(c2ccccc2)c2ccccc2)nc1. The van der Waals surface area contributed by atoms with Crippen LogP contribution in [0.25, 0.3) is 0 Å². The molecule has 126 valence electrons. The van der Waals surface area contributed by atoms with E-state index in [-0.39, 0.29) is 6.04 Å². The zero-order chi connectivity index (χ0) is 17.5. The van der Waals surface area contributed by atoms with Crippen LogP contribution in [0.15, 0.2) is 73.1 Å². The largest absolute Gasteiger partial charge is 0.462 e. The van der Waals surface area contributed by atoms with Gasteiger partial charge in [-0.1, -0.05) is 60.7 Å². The van der Waals surface area contributed by atoms with E-state index >= 15 is 0 Å². The Morgan fingerprint density at radius 2 is 1.48 bits per heavy atom. The summed E-state index contributed by atoms with van der Waals surface area (Å²) >= 11 is 0. The summed E-state index contributed by atoms with van der Waals surface area (Å²) in [5.74, 6) is 0.0301. The predicted octanol–water partition coefficient (Wildman–Crippen LogP) is 3.85. The summed E-state index contributed by atoms with van der Waals surface area (Å²) in [4.78, 5) is 20.2. The molecule has 5 nitrogen and oxygen atoms in total. The average molecular weight is 333 g/mol. The van der Waals surface area contributed by atoms with Gasteiger partial charge in [-0.25, -0.2) is 14.8 Å². The Hall–Kier alpha value is -3.21. The Bertz CT molecular complexity index is 766. The number of hydrogen-bond donors (Lipinski definition) is 1. The number of rotatable bonds is 6. The summed E-state index contributed by atoms with van der Waals surface area (Å²) in [6.45, 7) is 2.09. The highest BCUT2D eigenvalue weighted by Crippen LogP contribution is 2.25. The number of hydrogen-bond acceptors (Lipinski definition) is 5. The molecule has 1 N–H and O–H groups in total. The molecule has 5 heteroatoms. The van der Waals surface area contributed by atoms with E-state index in [0.717, 1.165) is 11.1 Å². The summed E-state index contributed by atoms with van der Waals surface area (Å²) in [6, 6.07) is 20.1. The molecular weight excluding hydrogens is 314 g/mol. The third-order valence-electron chi connectivity index (χ3n) is 3.70. The standard InChI is InChI=1S/C20H19N3O2/c1-2-25-19(24)17-13-21-20(22-14-17)23-18(15-9-5-3-6-10-15)16-11-7-4-8-12-16/h3-14,18H,2H2,1H3,(H,21,22,23). The average Bonchev–Trinajstić information content (AvgIpc) is 2.68. The quantitative estimate of drug-likeness (QED) is 0.694. The van der Waals surface area contributed by atoms with Gasteiger partial charge in [0.15, 0.2) is 0 Å². The highest BCUT2D eigenvalue weighted by molar-refractivity contribution is 5.88. The zero-order valence-electron chi connectivity index (χ0n) is 13.9. The van der Waals surface area contributed by atoms with Gasteiger partial charge in [-0.05, 0) is 18.1 Å². The molecule has 0 saturated carbocycles. The molecule has 1 aromatic heterocycles. The van der Waals surface area contributed by atoms with Crippen LogP contribution in [0.1, 0.15) is 34.5 Å². The van der Waals surface area contributed by atoms with Crippen LogP contribution in [0.4, 0.5) is 5.95 Å². The van der Waals surface area contributed by atoms with Gasteiger partial charge in [0.1, 0.15) is 0 Å². The Labute approximate surface area is 146 Å². The molecule has 0 amide bonds. The molecule has 2 aromatic carbocycles. The second-order valence-corrected chi connectivity index (χ2v) is 5.41. The molecule has 0 unspecified atom stereocenters. The number of carbonyl (C=O) groups is 1. The van der Waals surface area contributed by atoms with E-state index in [4.69, 9.17) is 4.74 Å². The Morgan fingerprint density at radius 1 is 0.960 bits per heavy atom. The smallest absolute Gasteiger partial charge is 0.341 e. The molecule has 0 aliphatic heterocycles. The van der Waals surface area contributed by atoms with Gasteiger partial charge < -0.3 is 10.1 Å². The number of ether oxygens (including phenoxy) is 1. The summed E-state index contributed by atoms with van der Waals surface area (Å²) in [7, 11) is 0. The molecule has 0 spiro atoms. The molecule has 0 fully saturated rings. The van der Waals surface area contributed by atoms with E-state index in [1.807, 2.05) is 36.4 Å². The number of esters is 1.